The topological polar surface area (TPSA) is 79.9 Å². The fraction of sp³-hybridized carbons (Fsp3) is 0.263. The van der Waals surface area contributed by atoms with Gasteiger partial charge in [0.05, 0.1) is 0 Å². The van der Waals surface area contributed by atoms with Crippen LogP contribution in [0.25, 0.3) is 0 Å². The van der Waals surface area contributed by atoms with Gasteiger partial charge in [0.1, 0.15) is 13.2 Å². The van der Waals surface area contributed by atoms with Crippen molar-refractivity contribution in [3.05, 3.63) is 48.5 Å². The number of ether oxygens (including phenoxy) is 2. The lowest BCUT2D eigenvalue weighted by atomic mass is 10.2. The highest BCUT2D eigenvalue weighted by molar-refractivity contribution is 5.92. The molecule has 0 aliphatic carbocycles. The van der Waals surface area contributed by atoms with Gasteiger partial charge in [0.2, 0.25) is 5.91 Å². The minimum Gasteiger partial charge on any atom is -0.486 e. The van der Waals surface area contributed by atoms with Gasteiger partial charge in [0, 0.05) is 37.5 Å². The number of fused-ring (bicyclic) bond motifs is 1. The van der Waals surface area contributed by atoms with Crippen molar-refractivity contribution in [3.63, 3.8) is 0 Å². The fourth-order valence-electron chi connectivity index (χ4n) is 2.65. The van der Waals surface area contributed by atoms with Gasteiger partial charge in [-0.15, -0.1) is 0 Å². The molecule has 1 aliphatic heterocycles. The first-order valence-electron chi connectivity index (χ1n) is 8.41. The van der Waals surface area contributed by atoms with Crippen LogP contribution < -0.4 is 25.0 Å². The van der Waals surface area contributed by atoms with E-state index < -0.39 is 0 Å². The lowest BCUT2D eigenvalue weighted by Gasteiger charge is -2.24. The highest BCUT2D eigenvalue weighted by atomic mass is 16.6. The molecule has 2 aromatic rings. The third-order valence-electron chi connectivity index (χ3n) is 3.87. The quantitative estimate of drug-likeness (QED) is 0.864. The molecule has 0 unspecified atom stereocenters. The number of hydrogen-bond donors (Lipinski definition) is 2. The molecule has 2 aromatic carbocycles. The zero-order chi connectivity index (χ0) is 18.4. The van der Waals surface area contributed by atoms with Crippen LogP contribution in [0.1, 0.15) is 6.92 Å². The van der Waals surface area contributed by atoms with Crippen molar-refractivity contribution in [2.75, 3.05) is 36.5 Å². The van der Waals surface area contributed by atoms with E-state index in [1.807, 2.05) is 18.2 Å². The summed E-state index contributed by atoms with van der Waals surface area (Å²) in [5.74, 6) is 1.17. The molecule has 0 atom stereocenters. The van der Waals surface area contributed by atoms with Crippen LogP contribution in [0.3, 0.4) is 0 Å². The van der Waals surface area contributed by atoms with Crippen LogP contribution in [0.15, 0.2) is 48.5 Å². The van der Waals surface area contributed by atoms with Crippen molar-refractivity contribution in [1.82, 2.24) is 5.32 Å². The second-order valence-corrected chi connectivity index (χ2v) is 5.75. The van der Waals surface area contributed by atoms with Crippen molar-refractivity contribution >= 4 is 23.3 Å². The van der Waals surface area contributed by atoms with Crippen LogP contribution in [-0.4, -0.2) is 38.2 Å². The number of rotatable bonds is 5. The number of amides is 3. The van der Waals surface area contributed by atoms with E-state index >= 15 is 0 Å². The van der Waals surface area contributed by atoms with E-state index in [0.29, 0.717) is 49.2 Å². The van der Waals surface area contributed by atoms with Gasteiger partial charge in [-0.3, -0.25) is 4.79 Å². The van der Waals surface area contributed by atoms with E-state index in [0.717, 1.165) is 0 Å². The molecule has 3 rings (SSSR count). The number of para-hydroxylation sites is 1. The summed E-state index contributed by atoms with van der Waals surface area (Å²) in [4.78, 5) is 25.5. The zero-order valence-corrected chi connectivity index (χ0v) is 14.5. The number of carbonyl (C=O) groups excluding carboxylic acids is 2. The summed E-state index contributed by atoms with van der Waals surface area (Å²) in [6, 6.07) is 14.2. The summed E-state index contributed by atoms with van der Waals surface area (Å²) >= 11 is 0. The molecule has 1 heterocycles. The number of nitrogens with zero attached hydrogens (tertiary/aromatic N) is 1. The molecule has 0 fully saturated rings. The standard InChI is InChI=1S/C19H21N3O4/c1-14(23)22(16-7-8-17-18(13-16)26-12-11-25-17)10-9-20-19(24)21-15-5-3-2-4-6-15/h2-8,13H,9-12H2,1H3,(H2,20,21,24). The Labute approximate surface area is 151 Å². The summed E-state index contributed by atoms with van der Waals surface area (Å²) in [5, 5.41) is 5.48. The molecule has 0 radical (unpaired) electrons. The smallest absolute Gasteiger partial charge is 0.319 e. The molecule has 1 aliphatic rings. The van der Waals surface area contributed by atoms with Crippen molar-refractivity contribution in [2.45, 2.75) is 6.92 Å². The van der Waals surface area contributed by atoms with Gasteiger partial charge < -0.3 is 25.0 Å². The summed E-state index contributed by atoms with van der Waals surface area (Å²) in [5.41, 5.74) is 1.41. The Balaban J connectivity index is 1.57. The van der Waals surface area contributed by atoms with Gasteiger partial charge in [-0.25, -0.2) is 4.79 Å². The average Bonchev–Trinajstić information content (AvgIpc) is 2.65. The lowest BCUT2D eigenvalue weighted by molar-refractivity contribution is -0.116. The van der Waals surface area contributed by atoms with E-state index in [4.69, 9.17) is 9.47 Å². The molecule has 0 bridgehead atoms. The molecule has 26 heavy (non-hydrogen) atoms. The third kappa shape index (κ3) is 4.44. The minimum absolute atomic E-state index is 0.119. The number of benzene rings is 2. The van der Waals surface area contributed by atoms with Crippen LogP contribution in [0, 0.1) is 0 Å². The average molecular weight is 355 g/mol. The van der Waals surface area contributed by atoms with Gasteiger partial charge in [-0.2, -0.15) is 0 Å². The van der Waals surface area contributed by atoms with Gasteiger partial charge in [-0.05, 0) is 24.3 Å². The molecule has 3 amide bonds. The first kappa shape index (κ1) is 17.6. The predicted molar refractivity (Wildman–Crippen MR) is 98.9 cm³/mol. The van der Waals surface area contributed by atoms with Crippen LogP contribution >= 0.6 is 0 Å². The van der Waals surface area contributed by atoms with Gasteiger partial charge in [0.25, 0.3) is 0 Å². The molecule has 136 valence electrons. The van der Waals surface area contributed by atoms with Crippen LogP contribution in [0.4, 0.5) is 16.2 Å². The zero-order valence-electron chi connectivity index (χ0n) is 14.5. The Hall–Kier alpha value is -3.22. The second-order valence-electron chi connectivity index (χ2n) is 5.75. The number of carbonyl (C=O) groups is 2. The van der Waals surface area contributed by atoms with Crippen LogP contribution in [0.5, 0.6) is 11.5 Å². The van der Waals surface area contributed by atoms with Crippen molar-refractivity contribution in [3.8, 4) is 11.5 Å². The lowest BCUT2D eigenvalue weighted by Crippen LogP contribution is -2.39. The second kappa shape index (κ2) is 8.24. The fourth-order valence-corrected chi connectivity index (χ4v) is 2.65. The summed E-state index contributed by atoms with van der Waals surface area (Å²) < 4.78 is 11.1. The van der Waals surface area contributed by atoms with E-state index in [1.165, 1.54) is 6.92 Å². The number of nitrogens with one attached hydrogen (secondary N) is 2. The largest absolute Gasteiger partial charge is 0.486 e. The van der Waals surface area contributed by atoms with E-state index in [-0.39, 0.29) is 11.9 Å². The summed E-state index contributed by atoms with van der Waals surface area (Å²) in [6.45, 7) is 3.14. The summed E-state index contributed by atoms with van der Waals surface area (Å²) in [7, 11) is 0. The van der Waals surface area contributed by atoms with Crippen molar-refractivity contribution in [2.24, 2.45) is 0 Å². The highest BCUT2D eigenvalue weighted by Gasteiger charge is 2.17. The maximum atomic E-state index is 12.0. The molecule has 0 saturated heterocycles. The Kier molecular flexibility index (Phi) is 5.58. The maximum absolute atomic E-state index is 12.0. The Morgan fingerprint density at radius 2 is 1.77 bits per heavy atom. The number of urea groups is 1. The molecule has 7 nitrogen and oxygen atoms in total. The monoisotopic (exact) mass is 355 g/mol. The first-order chi connectivity index (χ1) is 12.6. The molecular formula is C19H21N3O4. The number of anilines is 2. The predicted octanol–water partition coefficient (Wildman–Crippen LogP) is 2.63. The Morgan fingerprint density at radius 1 is 1.04 bits per heavy atom. The van der Waals surface area contributed by atoms with Crippen molar-refractivity contribution < 1.29 is 19.1 Å². The first-order valence-corrected chi connectivity index (χ1v) is 8.41. The molecule has 0 aromatic heterocycles. The van der Waals surface area contributed by atoms with E-state index in [9.17, 15) is 9.59 Å². The molecular weight excluding hydrogens is 334 g/mol. The Morgan fingerprint density at radius 3 is 2.50 bits per heavy atom. The van der Waals surface area contributed by atoms with Gasteiger partial charge in [-0.1, -0.05) is 18.2 Å². The number of hydrogen-bond acceptors (Lipinski definition) is 4. The molecule has 0 spiro atoms. The minimum atomic E-state index is -0.318. The highest BCUT2D eigenvalue weighted by Crippen LogP contribution is 2.33. The van der Waals surface area contributed by atoms with Crippen LogP contribution in [-0.2, 0) is 4.79 Å². The maximum Gasteiger partial charge on any atom is 0.319 e. The Bertz CT molecular complexity index is 780. The summed E-state index contributed by atoms with van der Waals surface area (Å²) in [6.07, 6.45) is 0. The molecule has 0 saturated carbocycles. The van der Waals surface area contributed by atoms with Gasteiger partial charge >= 0.3 is 6.03 Å². The van der Waals surface area contributed by atoms with Crippen LogP contribution in [0.2, 0.25) is 0 Å². The molecule has 7 heteroatoms. The van der Waals surface area contributed by atoms with E-state index in [2.05, 4.69) is 10.6 Å². The normalized spacial score (nSPS) is 12.2. The van der Waals surface area contributed by atoms with Gasteiger partial charge in [0.15, 0.2) is 11.5 Å². The SMILES string of the molecule is CC(=O)N(CCNC(=O)Nc1ccccc1)c1ccc2c(c1)OCCO2. The third-order valence-corrected chi connectivity index (χ3v) is 3.87. The van der Waals surface area contributed by atoms with E-state index in [1.54, 1.807) is 35.2 Å². The van der Waals surface area contributed by atoms with Crippen molar-refractivity contribution in [1.29, 1.82) is 0 Å². The molecule has 2 N–H and O–H groups in total.